The number of carbonyl (C=O) groups is 1. The van der Waals surface area contributed by atoms with Crippen molar-refractivity contribution < 1.29 is 23.7 Å². The summed E-state index contributed by atoms with van der Waals surface area (Å²) >= 11 is 0. The summed E-state index contributed by atoms with van der Waals surface area (Å²) in [6.07, 6.45) is 3.54. The lowest BCUT2D eigenvalue weighted by atomic mass is 10.3. The van der Waals surface area contributed by atoms with E-state index in [2.05, 4.69) is 6.92 Å². The molecule has 0 fully saturated rings. The normalized spacial score (nSPS) is 10.0. The maximum absolute atomic E-state index is 10.3. The first kappa shape index (κ1) is 22.6. The van der Waals surface area contributed by atoms with Gasteiger partial charge in [-0.05, 0) is 6.42 Å². The Morgan fingerprint density at radius 3 is 1.62 bits per heavy atom. The van der Waals surface area contributed by atoms with Crippen LogP contribution in [0.2, 0.25) is 0 Å². The van der Waals surface area contributed by atoms with Crippen LogP contribution in [0.15, 0.2) is 0 Å². The van der Waals surface area contributed by atoms with Gasteiger partial charge in [-0.1, -0.05) is 33.6 Å². The van der Waals surface area contributed by atoms with Crippen molar-refractivity contribution in [1.82, 2.24) is 0 Å². The Labute approximate surface area is 129 Å². The predicted molar refractivity (Wildman–Crippen MR) is 83.3 cm³/mol. The number of hydrogen-bond acceptors (Lipinski definition) is 5. The van der Waals surface area contributed by atoms with Crippen LogP contribution in [0.3, 0.4) is 0 Å². The molecular formula is C15H33NO5. The minimum atomic E-state index is -0.470. The van der Waals surface area contributed by atoms with Crippen LogP contribution in [0.5, 0.6) is 0 Å². The van der Waals surface area contributed by atoms with Crippen LogP contribution < -0.4 is 5.73 Å². The predicted octanol–water partition coefficient (Wildman–Crippen LogP) is 1.75. The smallest absolute Gasteiger partial charge is 0.243 e. The molecule has 0 saturated heterocycles. The lowest BCUT2D eigenvalue weighted by molar-refractivity contribution is -0.123. The number of amides is 1. The second-order valence-corrected chi connectivity index (χ2v) is 4.06. The molecule has 0 aromatic rings. The van der Waals surface area contributed by atoms with E-state index < -0.39 is 5.91 Å². The van der Waals surface area contributed by atoms with Crippen LogP contribution in [0.1, 0.15) is 40.0 Å². The van der Waals surface area contributed by atoms with Gasteiger partial charge in [0.15, 0.2) is 0 Å². The number of primary amides is 1. The average molecular weight is 307 g/mol. The minimum absolute atomic E-state index is 0.0603. The molecule has 0 aliphatic rings. The molecule has 0 radical (unpaired) electrons. The SMILES string of the molecule is CC.CCCCCOCCOCCOCCOCC(N)=O. The first-order valence-corrected chi connectivity index (χ1v) is 7.86. The fraction of sp³-hybridized carbons (Fsp3) is 0.933. The lowest BCUT2D eigenvalue weighted by Crippen LogP contribution is -2.20. The van der Waals surface area contributed by atoms with E-state index in [0.29, 0.717) is 39.6 Å². The first-order chi connectivity index (χ1) is 10.3. The molecule has 21 heavy (non-hydrogen) atoms. The molecule has 0 aromatic heterocycles. The van der Waals surface area contributed by atoms with Gasteiger partial charge in [-0.3, -0.25) is 4.79 Å². The van der Waals surface area contributed by atoms with E-state index in [9.17, 15) is 4.79 Å². The van der Waals surface area contributed by atoms with Crippen LogP contribution >= 0.6 is 0 Å². The van der Waals surface area contributed by atoms with Crippen LogP contribution in [0, 0.1) is 0 Å². The van der Waals surface area contributed by atoms with E-state index in [-0.39, 0.29) is 6.61 Å². The first-order valence-electron chi connectivity index (χ1n) is 7.86. The maximum Gasteiger partial charge on any atom is 0.243 e. The molecule has 0 aliphatic heterocycles. The van der Waals surface area contributed by atoms with Crippen LogP contribution in [-0.4, -0.2) is 58.8 Å². The third-order valence-electron chi connectivity index (χ3n) is 2.25. The summed E-state index contributed by atoms with van der Waals surface area (Å²) in [4.78, 5) is 10.3. The highest BCUT2D eigenvalue weighted by molar-refractivity contribution is 5.74. The van der Waals surface area contributed by atoms with Crippen molar-refractivity contribution >= 4 is 5.91 Å². The third-order valence-corrected chi connectivity index (χ3v) is 2.25. The van der Waals surface area contributed by atoms with Gasteiger partial charge in [0.1, 0.15) is 6.61 Å². The van der Waals surface area contributed by atoms with E-state index in [0.717, 1.165) is 13.0 Å². The fourth-order valence-electron chi connectivity index (χ4n) is 1.29. The quantitative estimate of drug-likeness (QED) is 0.466. The second kappa shape index (κ2) is 21.6. The average Bonchev–Trinajstić information content (AvgIpc) is 2.49. The van der Waals surface area contributed by atoms with E-state index >= 15 is 0 Å². The number of ether oxygens (including phenoxy) is 4. The summed E-state index contributed by atoms with van der Waals surface area (Å²) < 4.78 is 20.9. The molecule has 1 amide bonds. The van der Waals surface area contributed by atoms with Gasteiger partial charge in [0, 0.05) is 6.61 Å². The summed E-state index contributed by atoms with van der Waals surface area (Å²) in [7, 11) is 0. The van der Waals surface area contributed by atoms with Gasteiger partial charge >= 0.3 is 0 Å². The Morgan fingerprint density at radius 2 is 1.19 bits per heavy atom. The van der Waals surface area contributed by atoms with E-state index in [4.69, 9.17) is 24.7 Å². The van der Waals surface area contributed by atoms with E-state index in [1.807, 2.05) is 13.8 Å². The zero-order chi connectivity index (χ0) is 16.2. The molecule has 0 atom stereocenters. The molecule has 0 heterocycles. The maximum atomic E-state index is 10.3. The molecule has 0 bridgehead atoms. The van der Waals surface area contributed by atoms with Crippen LogP contribution in [0.4, 0.5) is 0 Å². The molecule has 0 aromatic carbocycles. The molecular weight excluding hydrogens is 274 g/mol. The Bertz CT molecular complexity index is 203. The molecule has 6 nitrogen and oxygen atoms in total. The van der Waals surface area contributed by atoms with Crippen LogP contribution in [0.25, 0.3) is 0 Å². The van der Waals surface area contributed by atoms with Crippen molar-refractivity contribution in [1.29, 1.82) is 0 Å². The summed E-state index contributed by atoms with van der Waals surface area (Å²) in [5, 5.41) is 0. The van der Waals surface area contributed by atoms with E-state index in [1.165, 1.54) is 12.8 Å². The zero-order valence-electron chi connectivity index (χ0n) is 13.9. The minimum Gasteiger partial charge on any atom is -0.379 e. The van der Waals surface area contributed by atoms with Gasteiger partial charge in [-0.25, -0.2) is 0 Å². The second-order valence-electron chi connectivity index (χ2n) is 4.06. The summed E-state index contributed by atoms with van der Waals surface area (Å²) in [5.74, 6) is -0.470. The van der Waals surface area contributed by atoms with Crippen molar-refractivity contribution in [2.75, 3.05) is 52.9 Å². The lowest BCUT2D eigenvalue weighted by Gasteiger charge is -2.06. The molecule has 0 saturated carbocycles. The number of rotatable bonds is 15. The van der Waals surface area contributed by atoms with Crippen molar-refractivity contribution in [3.63, 3.8) is 0 Å². The van der Waals surface area contributed by atoms with Crippen molar-refractivity contribution in [2.45, 2.75) is 40.0 Å². The van der Waals surface area contributed by atoms with Crippen LogP contribution in [-0.2, 0) is 23.7 Å². The zero-order valence-corrected chi connectivity index (χ0v) is 13.9. The fourth-order valence-corrected chi connectivity index (χ4v) is 1.29. The van der Waals surface area contributed by atoms with Gasteiger partial charge in [-0.2, -0.15) is 0 Å². The van der Waals surface area contributed by atoms with Crippen molar-refractivity contribution in [3.8, 4) is 0 Å². The molecule has 128 valence electrons. The molecule has 0 unspecified atom stereocenters. The Balaban J connectivity index is 0. The molecule has 2 N–H and O–H groups in total. The molecule has 6 heteroatoms. The largest absolute Gasteiger partial charge is 0.379 e. The highest BCUT2D eigenvalue weighted by Crippen LogP contribution is 1.93. The van der Waals surface area contributed by atoms with Gasteiger partial charge in [-0.15, -0.1) is 0 Å². The highest BCUT2D eigenvalue weighted by atomic mass is 16.6. The third kappa shape index (κ3) is 24.7. The summed E-state index contributed by atoms with van der Waals surface area (Å²) in [5.41, 5.74) is 4.90. The van der Waals surface area contributed by atoms with Gasteiger partial charge < -0.3 is 24.7 Å². The standard InChI is InChI=1S/C13H27NO5.C2H6/c1-2-3-4-5-16-6-7-17-8-9-18-10-11-19-12-13(14)15;1-2/h2-12H2,1H3,(H2,14,15);1-2H3. The Hall–Kier alpha value is -0.690. The Morgan fingerprint density at radius 1 is 0.762 bits per heavy atom. The van der Waals surface area contributed by atoms with Gasteiger partial charge in [0.05, 0.1) is 39.6 Å². The summed E-state index contributed by atoms with van der Waals surface area (Å²) in [6.45, 7) is 9.98. The molecule has 0 spiro atoms. The number of unbranched alkanes of at least 4 members (excludes halogenated alkanes) is 2. The molecule has 0 rings (SSSR count). The topological polar surface area (TPSA) is 80.0 Å². The number of nitrogens with two attached hydrogens (primary N) is 1. The summed E-state index contributed by atoms with van der Waals surface area (Å²) in [6, 6.07) is 0. The molecule has 0 aliphatic carbocycles. The van der Waals surface area contributed by atoms with Crippen molar-refractivity contribution in [3.05, 3.63) is 0 Å². The van der Waals surface area contributed by atoms with Gasteiger partial charge in [0.2, 0.25) is 5.91 Å². The Kier molecular flexibility index (Phi) is 23.2. The van der Waals surface area contributed by atoms with E-state index in [1.54, 1.807) is 0 Å². The van der Waals surface area contributed by atoms with Crippen molar-refractivity contribution in [2.24, 2.45) is 5.73 Å². The highest BCUT2D eigenvalue weighted by Gasteiger charge is 1.94. The monoisotopic (exact) mass is 307 g/mol. The number of hydrogen-bond donors (Lipinski definition) is 1. The van der Waals surface area contributed by atoms with Gasteiger partial charge in [0.25, 0.3) is 0 Å². The number of carbonyl (C=O) groups excluding carboxylic acids is 1.